The highest BCUT2D eigenvalue weighted by atomic mass is 35.5. The van der Waals surface area contributed by atoms with E-state index in [1.54, 1.807) is 0 Å². The molecule has 0 unspecified atom stereocenters. The molecule has 0 atom stereocenters. The number of hydrogen-bond donors (Lipinski definition) is 2. The first-order valence-corrected chi connectivity index (χ1v) is 12.9. The van der Waals surface area contributed by atoms with Gasteiger partial charge in [0.15, 0.2) is 0 Å². The Hall–Kier alpha value is -3.63. The van der Waals surface area contributed by atoms with Crippen LogP contribution in [0.15, 0.2) is 93.3 Å². The number of carbonyl (C=O) groups excluding carboxylic acids is 1. The average molecular weight is 509 g/mol. The molecule has 3 aromatic rings. The number of nitrogens with one attached hydrogen (secondary N) is 1. The zero-order valence-electron chi connectivity index (χ0n) is 21.9. The van der Waals surface area contributed by atoms with E-state index in [1.165, 1.54) is 0 Å². The molecule has 3 aliphatic rings. The van der Waals surface area contributed by atoms with Crippen LogP contribution in [0, 0.1) is 0 Å². The van der Waals surface area contributed by atoms with E-state index in [-0.39, 0.29) is 17.0 Å². The maximum absolute atomic E-state index is 13.6. The molecule has 0 bridgehead atoms. The third kappa shape index (κ3) is 3.15. The van der Waals surface area contributed by atoms with Crippen LogP contribution in [0.2, 0.25) is 5.02 Å². The summed E-state index contributed by atoms with van der Waals surface area (Å²) in [6.07, 6.45) is 0. The van der Waals surface area contributed by atoms with Crippen LogP contribution < -0.4 is 5.32 Å². The maximum atomic E-state index is 13.6. The lowest BCUT2D eigenvalue weighted by atomic mass is 9.72. The molecule has 2 heterocycles. The number of rotatable bonds is 2. The van der Waals surface area contributed by atoms with Gasteiger partial charge in [-0.05, 0) is 71.2 Å². The van der Waals surface area contributed by atoms with Gasteiger partial charge in [0.25, 0.3) is 0 Å². The summed E-state index contributed by atoms with van der Waals surface area (Å²) in [5.74, 6) is -0.107. The number of ketones is 1. The molecule has 0 saturated heterocycles. The number of fused-ring (bicyclic) bond motifs is 4. The van der Waals surface area contributed by atoms with E-state index in [0.717, 1.165) is 55.8 Å². The van der Waals surface area contributed by atoms with Crippen molar-refractivity contribution in [2.75, 3.05) is 5.32 Å². The van der Waals surface area contributed by atoms with E-state index in [1.807, 2.05) is 50.2 Å². The number of aliphatic hydroxyl groups is 1. The summed E-state index contributed by atoms with van der Waals surface area (Å²) < 4.78 is 0. The zero-order chi connectivity index (χ0) is 26.4. The van der Waals surface area contributed by atoms with Crippen molar-refractivity contribution in [2.45, 2.75) is 52.4 Å². The monoisotopic (exact) mass is 508 g/mol. The van der Waals surface area contributed by atoms with Gasteiger partial charge in [-0.1, -0.05) is 69.6 Å². The molecule has 37 heavy (non-hydrogen) atoms. The second kappa shape index (κ2) is 7.69. The summed E-state index contributed by atoms with van der Waals surface area (Å²) in [6.45, 7) is 12.3. The van der Waals surface area contributed by atoms with E-state index in [0.29, 0.717) is 16.2 Å². The van der Waals surface area contributed by atoms with Crippen molar-refractivity contribution in [3.63, 3.8) is 0 Å². The van der Waals surface area contributed by atoms with Crippen molar-refractivity contribution >= 4 is 45.2 Å². The lowest BCUT2D eigenvalue weighted by molar-refractivity contribution is -0.113. The van der Waals surface area contributed by atoms with Crippen molar-refractivity contribution in [3.8, 4) is 0 Å². The molecule has 186 valence electrons. The van der Waals surface area contributed by atoms with E-state index in [4.69, 9.17) is 16.6 Å². The van der Waals surface area contributed by atoms with Crippen LogP contribution >= 0.6 is 11.6 Å². The molecule has 0 saturated carbocycles. The third-order valence-corrected chi connectivity index (χ3v) is 8.54. The lowest BCUT2D eigenvalue weighted by Gasteiger charge is -2.30. The van der Waals surface area contributed by atoms with Crippen LogP contribution in [0.3, 0.4) is 0 Å². The van der Waals surface area contributed by atoms with Gasteiger partial charge in [0.05, 0.1) is 22.5 Å². The Morgan fingerprint density at radius 2 is 1.68 bits per heavy atom. The topological polar surface area (TPSA) is 61.7 Å². The molecule has 2 aliphatic heterocycles. The van der Waals surface area contributed by atoms with Gasteiger partial charge in [-0.15, -0.1) is 0 Å². The van der Waals surface area contributed by atoms with Gasteiger partial charge in [-0.3, -0.25) is 9.79 Å². The van der Waals surface area contributed by atoms with Crippen LogP contribution in [0.5, 0.6) is 0 Å². The molecule has 1 aliphatic carbocycles. The van der Waals surface area contributed by atoms with Crippen molar-refractivity contribution in [1.29, 1.82) is 0 Å². The summed E-state index contributed by atoms with van der Waals surface area (Å²) >= 11 is 6.27. The fourth-order valence-electron chi connectivity index (χ4n) is 6.41. The van der Waals surface area contributed by atoms with Gasteiger partial charge >= 0.3 is 0 Å². The minimum atomic E-state index is -0.410. The molecule has 0 aromatic heterocycles. The molecular weight excluding hydrogens is 480 g/mol. The van der Waals surface area contributed by atoms with Gasteiger partial charge in [-0.2, -0.15) is 0 Å². The van der Waals surface area contributed by atoms with Gasteiger partial charge in [0, 0.05) is 27.2 Å². The Balaban J connectivity index is 1.43. The number of carbonyl (C=O) groups is 1. The normalized spacial score (nSPS) is 21.8. The van der Waals surface area contributed by atoms with Crippen LogP contribution in [-0.4, -0.2) is 16.6 Å². The van der Waals surface area contributed by atoms with Crippen LogP contribution in [-0.2, 0) is 15.6 Å². The zero-order valence-corrected chi connectivity index (χ0v) is 22.6. The van der Waals surface area contributed by atoms with E-state index in [2.05, 4.69) is 51.2 Å². The highest BCUT2D eigenvalue weighted by Gasteiger charge is 2.45. The fraction of sp³-hybridized carbons (Fsp3) is 0.250. The largest absolute Gasteiger partial charge is 0.506 e. The molecule has 4 nitrogen and oxygen atoms in total. The predicted octanol–water partition coefficient (Wildman–Crippen LogP) is 8.25. The molecular formula is C32H29ClN2O2. The number of aliphatic hydroxyl groups excluding tert-OH is 1. The van der Waals surface area contributed by atoms with Gasteiger partial charge in [0.1, 0.15) is 5.76 Å². The first-order valence-electron chi connectivity index (χ1n) is 12.5. The smallest absolute Gasteiger partial charge is 0.201 e. The number of anilines is 1. The molecule has 3 aromatic carbocycles. The highest BCUT2D eigenvalue weighted by Crippen LogP contribution is 2.50. The second-order valence-corrected chi connectivity index (χ2v) is 11.7. The fourth-order valence-corrected chi connectivity index (χ4v) is 6.59. The van der Waals surface area contributed by atoms with Gasteiger partial charge in [0.2, 0.25) is 5.78 Å². The summed E-state index contributed by atoms with van der Waals surface area (Å²) in [4.78, 5) is 18.6. The van der Waals surface area contributed by atoms with Gasteiger partial charge in [-0.25, -0.2) is 0 Å². The Labute approximate surface area is 222 Å². The number of nitrogens with zero attached hydrogens (tertiary/aromatic N) is 1. The Morgan fingerprint density at radius 1 is 0.946 bits per heavy atom. The summed E-state index contributed by atoms with van der Waals surface area (Å²) in [5, 5.41) is 17.7. The summed E-state index contributed by atoms with van der Waals surface area (Å²) in [7, 11) is 0. The number of Topliss-reactive ketones (excluding diaryl/α,β-unsaturated/α-hetero) is 1. The number of allylic oxidation sites excluding steroid dienone is 5. The summed E-state index contributed by atoms with van der Waals surface area (Å²) in [5.41, 5.74) is 7.23. The number of aliphatic imine (C=N–C) groups is 1. The molecule has 0 amide bonds. The van der Waals surface area contributed by atoms with Crippen LogP contribution in [0.4, 0.5) is 11.4 Å². The van der Waals surface area contributed by atoms with Crippen molar-refractivity contribution < 1.29 is 9.90 Å². The Morgan fingerprint density at radius 3 is 2.41 bits per heavy atom. The van der Waals surface area contributed by atoms with Gasteiger partial charge < -0.3 is 10.4 Å². The second-order valence-electron chi connectivity index (χ2n) is 11.3. The Bertz CT molecular complexity index is 1700. The molecule has 0 radical (unpaired) electrons. The molecule has 2 N–H and O–H groups in total. The number of benzene rings is 3. The SMILES string of the molecule is CC(C1=Nc2ccc3ccccc3c2C1(C)C)=C1C(=O)C(/C(C)=C2/Nc3ccc(Cl)cc3C2(C)C)=C1O. The molecule has 0 spiro atoms. The first-order chi connectivity index (χ1) is 17.4. The highest BCUT2D eigenvalue weighted by molar-refractivity contribution is 6.31. The standard InChI is InChI=1S/C32H29ClN2O2/c1-16(29-31(3,4)21-15-19(33)12-14-22(21)34-29)24-27(36)25(28(24)37)17(2)30-32(5,6)26-20-10-8-7-9-18(20)11-13-23(26)35-30/h7-15,34,36H,1-6H3/b25-17?,29-16+. The number of hydrogen-bond acceptors (Lipinski definition) is 4. The lowest BCUT2D eigenvalue weighted by Crippen LogP contribution is -2.33. The van der Waals surface area contributed by atoms with E-state index >= 15 is 0 Å². The number of halogens is 1. The van der Waals surface area contributed by atoms with E-state index in [9.17, 15) is 9.90 Å². The maximum Gasteiger partial charge on any atom is 0.201 e. The predicted molar refractivity (Wildman–Crippen MR) is 152 cm³/mol. The minimum Gasteiger partial charge on any atom is -0.506 e. The Kier molecular flexibility index (Phi) is 4.93. The third-order valence-electron chi connectivity index (χ3n) is 8.30. The quantitative estimate of drug-likeness (QED) is 0.342. The first kappa shape index (κ1) is 23.7. The molecule has 5 heteroatoms. The molecule has 6 rings (SSSR count). The van der Waals surface area contributed by atoms with Crippen LogP contribution in [0.1, 0.15) is 52.7 Å². The van der Waals surface area contributed by atoms with Crippen molar-refractivity contribution in [3.05, 3.63) is 104 Å². The van der Waals surface area contributed by atoms with Crippen molar-refractivity contribution in [1.82, 2.24) is 0 Å². The minimum absolute atomic E-state index is 0.0402. The van der Waals surface area contributed by atoms with E-state index < -0.39 is 5.41 Å². The summed E-state index contributed by atoms with van der Waals surface area (Å²) in [6, 6.07) is 18.2. The average Bonchev–Trinajstić information content (AvgIpc) is 3.28. The molecule has 0 fully saturated rings. The van der Waals surface area contributed by atoms with Crippen molar-refractivity contribution in [2.24, 2.45) is 4.99 Å². The van der Waals surface area contributed by atoms with Crippen LogP contribution in [0.25, 0.3) is 10.8 Å².